The van der Waals surface area contributed by atoms with Gasteiger partial charge in [0.2, 0.25) is 0 Å². The van der Waals surface area contributed by atoms with Crippen molar-refractivity contribution >= 4 is 0 Å². The molecule has 12 heavy (non-hydrogen) atoms. The summed E-state index contributed by atoms with van der Waals surface area (Å²) in [5.74, 6) is 0. The SMILES string of the molecule is [CH-]=CC=CC.[Ru+2].[Ru].[c-]1ccc[nH]1. The summed E-state index contributed by atoms with van der Waals surface area (Å²) in [7, 11) is 0. The molecule has 0 spiro atoms. The summed E-state index contributed by atoms with van der Waals surface area (Å²) in [5.41, 5.74) is 0. The van der Waals surface area contributed by atoms with E-state index in [1.54, 1.807) is 6.08 Å². The van der Waals surface area contributed by atoms with Crippen molar-refractivity contribution in [2.24, 2.45) is 0 Å². The van der Waals surface area contributed by atoms with E-state index < -0.39 is 0 Å². The van der Waals surface area contributed by atoms with E-state index >= 15 is 0 Å². The third kappa shape index (κ3) is 16.5. The normalized spacial score (nSPS) is 7.08. The molecule has 0 fully saturated rings. The van der Waals surface area contributed by atoms with Gasteiger partial charge in [0.15, 0.2) is 0 Å². The Labute approximate surface area is 99.9 Å². The van der Waals surface area contributed by atoms with E-state index in [0.717, 1.165) is 0 Å². The molecule has 1 N–H and O–H groups in total. The Bertz CT molecular complexity index is 151. The van der Waals surface area contributed by atoms with Gasteiger partial charge in [-0.1, -0.05) is 6.92 Å². The van der Waals surface area contributed by atoms with E-state index in [1.165, 1.54) is 6.08 Å². The van der Waals surface area contributed by atoms with Gasteiger partial charge < -0.3 is 4.98 Å². The van der Waals surface area contributed by atoms with E-state index in [0.29, 0.717) is 0 Å². The zero-order valence-electron chi connectivity index (χ0n) is 6.75. The van der Waals surface area contributed by atoms with Crippen molar-refractivity contribution in [3.05, 3.63) is 49.3 Å². The van der Waals surface area contributed by atoms with Crippen LogP contribution in [0, 0.1) is 12.8 Å². The van der Waals surface area contributed by atoms with Crippen molar-refractivity contribution in [1.29, 1.82) is 0 Å². The number of aromatic nitrogens is 1. The molecule has 0 saturated heterocycles. The molecule has 0 atom stereocenters. The van der Waals surface area contributed by atoms with Gasteiger partial charge in [-0.3, -0.25) is 6.58 Å². The largest absolute Gasteiger partial charge is 2.00 e. The van der Waals surface area contributed by atoms with Crippen LogP contribution in [-0.2, 0) is 39.0 Å². The molecule has 0 aliphatic rings. The molecule has 0 aliphatic carbocycles. The Morgan fingerprint density at radius 2 is 2.17 bits per heavy atom. The van der Waals surface area contributed by atoms with Gasteiger partial charge in [0, 0.05) is 19.5 Å². The zero-order chi connectivity index (χ0) is 7.66. The monoisotopic (exact) mass is 337 g/mol. The van der Waals surface area contributed by atoms with E-state index in [9.17, 15) is 0 Å². The number of hydrogen-bond acceptors (Lipinski definition) is 0. The predicted octanol–water partition coefficient (Wildman–Crippen LogP) is 2.36. The molecular formula is C9H11NRu2. The van der Waals surface area contributed by atoms with Gasteiger partial charge >= 0.3 is 19.5 Å². The molecule has 68 valence electrons. The Morgan fingerprint density at radius 3 is 2.25 bits per heavy atom. The Balaban J connectivity index is -0.000000116. The van der Waals surface area contributed by atoms with Crippen LogP contribution in [0.2, 0.25) is 0 Å². The summed E-state index contributed by atoms with van der Waals surface area (Å²) in [6, 6.07) is 3.71. The second-order valence-electron chi connectivity index (χ2n) is 1.53. The molecule has 0 radical (unpaired) electrons. The topological polar surface area (TPSA) is 15.8 Å². The molecule has 0 amide bonds. The van der Waals surface area contributed by atoms with Gasteiger partial charge in [-0.25, -0.2) is 12.2 Å². The maximum atomic E-state index is 4.93. The average molecular weight is 335 g/mol. The van der Waals surface area contributed by atoms with Crippen LogP contribution in [-0.4, -0.2) is 4.98 Å². The number of hydrogen-bond donors (Lipinski definition) is 1. The van der Waals surface area contributed by atoms with Crippen LogP contribution in [0.3, 0.4) is 0 Å². The van der Waals surface area contributed by atoms with E-state index in [2.05, 4.69) is 11.2 Å². The van der Waals surface area contributed by atoms with Gasteiger partial charge in [-0.15, -0.1) is 6.20 Å². The summed E-state index contributed by atoms with van der Waals surface area (Å²) in [6.07, 6.45) is 9.71. The first kappa shape index (κ1) is 17.9. The summed E-state index contributed by atoms with van der Waals surface area (Å²) in [6.45, 7) is 6.85. The van der Waals surface area contributed by atoms with Crippen LogP contribution >= 0.6 is 0 Å². The van der Waals surface area contributed by atoms with Crippen LogP contribution < -0.4 is 0 Å². The van der Waals surface area contributed by atoms with Crippen molar-refractivity contribution in [2.75, 3.05) is 0 Å². The van der Waals surface area contributed by atoms with E-state index in [-0.39, 0.29) is 39.0 Å². The first-order valence-electron chi connectivity index (χ1n) is 3.07. The molecule has 1 aromatic rings. The number of H-pyrrole nitrogens is 1. The summed E-state index contributed by atoms with van der Waals surface area (Å²) in [4.78, 5) is 2.74. The second kappa shape index (κ2) is 17.2. The van der Waals surface area contributed by atoms with Gasteiger partial charge in [-0.05, 0) is 0 Å². The van der Waals surface area contributed by atoms with Crippen LogP contribution in [0.1, 0.15) is 6.92 Å². The molecule has 1 nitrogen and oxygen atoms in total. The number of nitrogens with one attached hydrogen (secondary N) is 1. The maximum absolute atomic E-state index is 4.93. The van der Waals surface area contributed by atoms with Crippen LogP contribution in [0.25, 0.3) is 0 Å². The van der Waals surface area contributed by atoms with E-state index in [1.807, 2.05) is 31.3 Å². The average Bonchev–Trinajstić information content (AvgIpc) is 2.44. The summed E-state index contributed by atoms with van der Waals surface area (Å²) in [5, 5.41) is 0. The molecule has 0 bridgehead atoms. The Hall–Kier alpha value is 0.00675. The zero-order valence-corrected chi connectivity index (χ0v) is 10.2. The Kier molecular flexibility index (Phi) is 25.7. The molecule has 0 aromatic carbocycles. The van der Waals surface area contributed by atoms with Gasteiger partial charge in [0.1, 0.15) is 0 Å². The van der Waals surface area contributed by atoms with Gasteiger partial charge in [0.05, 0.1) is 0 Å². The molecule has 0 aliphatic heterocycles. The number of allylic oxidation sites excluding steroid dienone is 3. The molecule has 0 unspecified atom stereocenters. The van der Waals surface area contributed by atoms with Crippen molar-refractivity contribution in [3.8, 4) is 0 Å². The van der Waals surface area contributed by atoms with E-state index in [4.69, 9.17) is 6.58 Å². The third-order valence-corrected chi connectivity index (χ3v) is 0.746. The van der Waals surface area contributed by atoms with Crippen molar-refractivity contribution in [1.82, 2.24) is 4.98 Å². The predicted molar refractivity (Wildman–Crippen MR) is 43.3 cm³/mol. The van der Waals surface area contributed by atoms with Crippen LogP contribution in [0.15, 0.2) is 36.6 Å². The van der Waals surface area contributed by atoms with Crippen molar-refractivity contribution in [3.63, 3.8) is 0 Å². The minimum Gasteiger partial charge on any atom is -0.484 e. The molecule has 1 rings (SSSR count). The Morgan fingerprint density at radius 1 is 1.50 bits per heavy atom. The second-order valence-corrected chi connectivity index (χ2v) is 1.53. The van der Waals surface area contributed by atoms with Crippen molar-refractivity contribution < 1.29 is 39.0 Å². The minimum absolute atomic E-state index is 0. The van der Waals surface area contributed by atoms with Crippen LogP contribution in [0.4, 0.5) is 0 Å². The smallest absolute Gasteiger partial charge is 0.484 e. The summed E-state index contributed by atoms with van der Waals surface area (Å²) < 4.78 is 0. The van der Waals surface area contributed by atoms with Crippen LogP contribution in [0.5, 0.6) is 0 Å². The molecule has 0 saturated carbocycles. The maximum Gasteiger partial charge on any atom is 2.00 e. The molecule has 1 aromatic heterocycles. The minimum atomic E-state index is 0. The number of rotatable bonds is 1. The third-order valence-electron chi connectivity index (χ3n) is 0.746. The quantitative estimate of drug-likeness (QED) is 0.461. The fraction of sp³-hybridized carbons (Fsp3) is 0.111. The fourth-order valence-electron chi connectivity index (χ4n) is 0.352. The summed E-state index contributed by atoms with van der Waals surface area (Å²) >= 11 is 0. The molecule has 3 heteroatoms. The molecular weight excluding hydrogens is 324 g/mol. The van der Waals surface area contributed by atoms with Gasteiger partial charge in [-0.2, -0.15) is 24.4 Å². The van der Waals surface area contributed by atoms with Gasteiger partial charge in [0.25, 0.3) is 0 Å². The number of aromatic amines is 1. The first-order valence-corrected chi connectivity index (χ1v) is 3.07. The molecule has 1 heterocycles. The standard InChI is InChI=1S/C5H7.C4H4N.2Ru/c1-3-5-4-2;1-2-4-5-3-1;;/h1,3-5H,2H3;1-3,5H;;/q2*-1;;+2. The fourth-order valence-corrected chi connectivity index (χ4v) is 0.352. The first-order chi connectivity index (χ1) is 4.91. The van der Waals surface area contributed by atoms with Crippen molar-refractivity contribution in [2.45, 2.75) is 6.92 Å².